The maximum Gasteiger partial charge on any atom is 0.279 e. The molecule has 20 heavy (non-hydrogen) atoms. The Kier molecular flexibility index (Phi) is 4.74. The minimum absolute atomic E-state index is 0.0152. The van der Waals surface area contributed by atoms with Crippen molar-refractivity contribution in [1.29, 1.82) is 0 Å². The molecule has 4 N–H and O–H groups in total. The van der Waals surface area contributed by atoms with Gasteiger partial charge < -0.3 is 16.0 Å². The van der Waals surface area contributed by atoms with Gasteiger partial charge in [-0.05, 0) is 24.6 Å². The number of quaternary nitrogens is 1. The highest BCUT2D eigenvalue weighted by molar-refractivity contribution is 5.91. The van der Waals surface area contributed by atoms with Gasteiger partial charge in [-0.15, -0.1) is 0 Å². The molecule has 1 heterocycles. The van der Waals surface area contributed by atoms with Gasteiger partial charge in [0, 0.05) is 24.4 Å². The summed E-state index contributed by atoms with van der Waals surface area (Å²) in [5.74, 6) is -0.213. The van der Waals surface area contributed by atoms with E-state index in [1.807, 2.05) is 31.2 Å². The normalized spacial score (nSPS) is 22.2. The summed E-state index contributed by atoms with van der Waals surface area (Å²) in [6.07, 6.45) is 1.56. The van der Waals surface area contributed by atoms with Gasteiger partial charge in [0.15, 0.2) is 6.54 Å². The number of hydrogen-bond acceptors (Lipinski definition) is 2. The fourth-order valence-electron chi connectivity index (χ4n) is 2.64. The Hall–Kier alpha value is -1.88. The first-order valence-electron chi connectivity index (χ1n) is 7.04. The van der Waals surface area contributed by atoms with Gasteiger partial charge in [-0.2, -0.15) is 0 Å². The van der Waals surface area contributed by atoms with Crippen LogP contribution in [0.15, 0.2) is 24.3 Å². The molecule has 2 amide bonds. The van der Waals surface area contributed by atoms with Crippen molar-refractivity contribution in [3.8, 4) is 0 Å². The number of aryl methyl sites for hydroxylation is 1. The molecule has 0 spiro atoms. The number of amides is 2. The molecule has 1 aliphatic heterocycles. The van der Waals surface area contributed by atoms with Crippen LogP contribution in [-0.4, -0.2) is 31.4 Å². The first kappa shape index (κ1) is 14.5. The van der Waals surface area contributed by atoms with E-state index in [-0.39, 0.29) is 17.7 Å². The van der Waals surface area contributed by atoms with Gasteiger partial charge in [-0.3, -0.25) is 9.59 Å². The predicted molar refractivity (Wildman–Crippen MR) is 77.3 cm³/mol. The molecule has 0 aromatic heterocycles. The molecule has 0 radical (unpaired) electrons. The first-order valence-corrected chi connectivity index (χ1v) is 7.04. The van der Waals surface area contributed by atoms with E-state index in [1.54, 1.807) is 0 Å². The molecule has 1 saturated heterocycles. The zero-order valence-corrected chi connectivity index (χ0v) is 11.8. The lowest BCUT2D eigenvalue weighted by atomic mass is 9.96. The van der Waals surface area contributed by atoms with Gasteiger partial charge in [0.05, 0.1) is 13.1 Å². The minimum Gasteiger partial charge on any atom is -0.369 e. The van der Waals surface area contributed by atoms with E-state index in [0.29, 0.717) is 6.54 Å². The molecule has 0 aliphatic carbocycles. The number of anilines is 1. The quantitative estimate of drug-likeness (QED) is 0.707. The number of piperidine rings is 1. The second kappa shape index (κ2) is 6.52. The van der Waals surface area contributed by atoms with Gasteiger partial charge >= 0.3 is 0 Å². The van der Waals surface area contributed by atoms with Crippen LogP contribution in [0.1, 0.15) is 18.4 Å². The highest BCUT2D eigenvalue weighted by atomic mass is 16.2. The lowest BCUT2D eigenvalue weighted by Gasteiger charge is -2.27. The number of rotatable bonds is 4. The van der Waals surface area contributed by atoms with E-state index < -0.39 is 0 Å². The summed E-state index contributed by atoms with van der Waals surface area (Å²) >= 11 is 0. The second-order valence-corrected chi connectivity index (χ2v) is 5.52. The number of hydrogen-bond donors (Lipinski definition) is 3. The lowest BCUT2D eigenvalue weighted by molar-refractivity contribution is -0.897. The molecule has 5 heteroatoms. The standard InChI is InChI=1S/C15H21N3O2/c1-11-3-2-4-13(9-11)17-14(19)10-18-7-5-12(6-8-18)15(16)20/h2-4,9,12H,5-8,10H2,1H3,(H2,16,20)(H,17,19)/p+1. The predicted octanol–water partition coefficient (Wildman–Crippen LogP) is -0.286. The van der Waals surface area contributed by atoms with Gasteiger partial charge in [0.25, 0.3) is 5.91 Å². The summed E-state index contributed by atoms with van der Waals surface area (Å²) in [5, 5.41) is 2.91. The number of nitrogens with two attached hydrogens (primary N) is 1. The molecule has 5 nitrogen and oxygen atoms in total. The maximum absolute atomic E-state index is 12.0. The number of primary amides is 1. The molecule has 1 aromatic carbocycles. The van der Waals surface area contributed by atoms with Gasteiger partial charge in [0.2, 0.25) is 5.91 Å². The monoisotopic (exact) mass is 276 g/mol. The van der Waals surface area contributed by atoms with E-state index in [4.69, 9.17) is 5.73 Å². The fraction of sp³-hybridized carbons (Fsp3) is 0.467. The van der Waals surface area contributed by atoms with Gasteiger partial charge in [-0.25, -0.2) is 0 Å². The van der Waals surface area contributed by atoms with Crippen molar-refractivity contribution < 1.29 is 14.5 Å². The van der Waals surface area contributed by atoms with Crippen molar-refractivity contribution >= 4 is 17.5 Å². The summed E-state index contributed by atoms with van der Waals surface area (Å²) in [4.78, 5) is 24.3. The third-order valence-corrected chi connectivity index (χ3v) is 3.81. The van der Waals surface area contributed by atoms with Crippen LogP contribution in [0.4, 0.5) is 5.69 Å². The Bertz CT molecular complexity index is 494. The zero-order chi connectivity index (χ0) is 14.5. The van der Waals surface area contributed by atoms with Gasteiger partial charge in [0.1, 0.15) is 0 Å². The molecule has 0 unspecified atom stereocenters. The van der Waals surface area contributed by atoms with Crippen LogP contribution in [0.5, 0.6) is 0 Å². The SMILES string of the molecule is Cc1cccc(NC(=O)C[NH+]2CCC(C(N)=O)CC2)c1. The van der Waals surface area contributed by atoms with E-state index >= 15 is 0 Å². The lowest BCUT2D eigenvalue weighted by Crippen LogP contribution is -3.14. The van der Waals surface area contributed by atoms with Gasteiger partial charge in [-0.1, -0.05) is 12.1 Å². The van der Waals surface area contributed by atoms with E-state index in [0.717, 1.165) is 37.2 Å². The molecule has 2 rings (SSSR count). The Morgan fingerprint density at radius 3 is 2.65 bits per heavy atom. The van der Waals surface area contributed by atoms with Crippen molar-refractivity contribution in [3.63, 3.8) is 0 Å². The summed E-state index contributed by atoms with van der Waals surface area (Å²) in [6.45, 7) is 4.10. The van der Waals surface area contributed by atoms with Crippen molar-refractivity contribution in [3.05, 3.63) is 29.8 Å². The van der Waals surface area contributed by atoms with Crippen molar-refractivity contribution in [2.45, 2.75) is 19.8 Å². The number of benzene rings is 1. The van der Waals surface area contributed by atoms with Crippen LogP contribution in [0.2, 0.25) is 0 Å². The molecule has 1 fully saturated rings. The van der Waals surface area contributed by atoms with Crippen LogP contribution in [0, 0.1) is 12.8 Å². The van der Waals surface area contributed by atoms with Crippen LogP contribution in [0.25, 0.3) is 0 Å². The van der Waals surface area contributed by atoms with Crippen LogP contribution in [0.3, 0.4) is 0 Å². The Morgan fingerprint density at radius 1 is 1.35 bits per heavy atom. The summed E-state index contributed by atoms with van der Waals surface area (Å²) in [6, 6.07) is 7.76. The average molecular weight is 276 g/mol. The van der Waals surface area contributed by atoms with Crippen molar-refractivity contribution in [1.82, 2.24) is 0 Å². The van der Waals surface area contributed by atoms with Crippen LogP contribution in [-0.2, 0) is 9.59 Å². The second-order valence-electron chi connectivity index (χ2n) is 5.52. The largest absolute Gasteiger partial charge is 0.369 e. The fourth-order valence-corrected chi connectivity index (χ4v) is 2.64. The van der Waals surface area contributed by atoms with Crippen molar-refractivity contribution in [2.24, 2.45) is 11.7 Å². The number of carbonyl (C=O) groups excluding carboxylic acids is 2. The highest BCUT2D eigenvalue weighted by Crippen LogP contribution is 2.09. The summed E-state index contributed by atoms with van der Waals surface area (Å²) in [7, 11) is 0. The Labute approximate surface area is 119 Å². The third kappa shape index (κ3) is 4.06. The molecule has 1 aromatic rings. The van der Waals surface area contributed by atoms with Crippen LogP contribution >= 0.6 is 0 Å². The highest BCUT2D eigenvalue weighted by Gasteiger charge is 2.26. The van der Waals surface area contributed by atoms with E-state index in [1.165, 1.54) is 4.90 Å². The molecule has 0 atom stereocenters. The molecule has 108 valence electrons. The average Bonchev–Trinajstić information content (AvgIpc) is 2.39. The Morgan fingerprint density at radius 2 is 2.05 bits per heavy atom. The number of likely N-dealkylation sites (tertiary alicyclic amines) is 1. The van der Waals surface area contributed by atoms with Crippen LogP contribution < -0.4 is 16.0 Å². The van der Waals surface area contributed by atoms with E-state index in [9.17, 15) is 9.59 Å². The third-order valence-electron chi connectivity index (χ3n) is 3.81. The first-order chi connectivity index (χ1) is 9.54. The Balaban J connectivity index is 1.80. The molecule has 1 aliphatic rings. The summed E-state index contributed by atoms with van der Waals surface area (Å²) in [5.41, 5.74) is 7.26. The molecular formula is C15H22N3O2+. The van der Waals surface area contributed by atoms with Crippen molar-refractivity contribution in [2.75, 3.05) is 25.0 Å². The number of carbonyl (C=O) groups is 2. The van der Waals surface area contributed by atoms with E-state index in [2.05, 4.69) is 5.32 Å². The maximum atomic E-state index is 12.0. The zero-order valence-electron chi connectivity index (χ0n) is 11.8. The number of nitrogens with one attached hydrogen (secondary N) is 2. The smallest absolute Gasteiger partial charge is 0.279 e. The minimum atomic E-state index is -0.215. The molecular weight excluding hydrogens is 254 g/mol. The molecule has 0 bridgehead atoms. The molecule has 0 saturated carbocycles. The summed E-state index contributed by atoms with van der Waals surface area (Å²) < 4.78 is 0. The topological polar surface area (TPSA) is 76.6 Å².